The minimum atomic E-state index is -0.177. The first kappa shape index (κ1) is 15.8. The standard InChI is InChI=1S/C16H27NO2/c1-12(2)8-9-16(3,17)11-13-6-7-14(18-4)15(10-13)19-5/h6-7,10,12H,8-9,11,17H2,1-5H3. The monoisotopic (exact) mass is 265 g/mol. The third-order valence-electron chi connectivity index (χ3n) is 3.35. The van der Waals surface area contributed by atoms with Crippen LogP contribution in [0.1, 0.15) is 39.2 Å². The molecule has 0 aliphatic carbocycles. The predicted molar refractivity (Wildman–Crippen MR) is 79.9 cm³/mol. The summed E-state index contributed by atoms with van der Waals surface area (Å²) in [4.78, 5) is 0. The highest BCUT2D eigenvalue weighted by molar-refractivity contribution is 5.43. The van der Waals surface area contributed by atoms with Crippen LogP contribution in [0.25, 0.3) is 0 Å². The molecule has 1 aromatic rings. The van der Waals surface area contributed by atoms with Crippen LogP contribution in [0.2, 0.25) is 0 Å². The summed E-state index contributed by atoms with van der Waals surface area (Å²) in [7, 11) is 3.30. The van der Waals surface area contributed by atoms with Gasteiger partial charge in [-0.25, -0.2) is 0 Å². The van der Waals surface area contributed by atoms with Crippen LogP contribution in [-0.4, -0.2) is 19.8 Å². The zero-order valence-electron chi connectivity index (χ0n) is 12.8. The van der Waals surface area contributed by atoms with Crippen molar-refractivity contribution in [3.05, 3.63) is 23.8 Å². The summed E-state index contributed by atoms with van der Waals surface area (Å²) in [5.74, 6) is 2.21. The summed E-state index contributed by atoms with van der Waals surface area (Å²) in [5, 5.41) is 0. The van der Waals surface area contributed by atoms with Gasteiger partial charge in [-0.3, -0.25) is 0 Å². The molecule has 0 saturated heterocycles. The van der Waals surface area contributed by atoms with Crippen LogP contribution in [-0.2, 0) is 6.42 Å². The summed E-state index contributed by atoms with van der Waals surface area (Å²) in [6.45, 7) is 6.57. The summed E-state index contributed by atoms with van der Waals surface area (Å²) >= 11 is 0. The van der Waals surface area contributed by atoms with Crippen molar-refractivity contribution >= 4 is 0 Å². The number of rotatable bonds is 7. The first-order valence-electron chi connectivity index (χ1n) is 6.88. The molecule has 3 heteroatoms. The minimum Gasteiger partial charge on any atom is -0.493 e. The second kappa shape index (κ2) is 6.80. The van der Waals surface area contributed by atoms with E-state index in [2.05, 4.69) is 26.8 Å². The van der Waals surface area contributed by atoms with E-state index in [0.717, 1.165) is 30.8 Å². The average molecular weight is 265 g/mol. The Morgan fingerprint density at radius 1 is 1.16 bits per heavy atom. The molecule has 108 valence electrons. The second-order valence-corrected chi connectivity index (χ2v) is 5.95. The van der Waals surface area contributed by atoms with E-state index in [1.807, 2.05) is 12.1 Å². The molecule has 1 unspecified atom stereocenters. The van der Waals surface area contributed by atoms with Crippen molar-refractivity contribution in [2.45, 2.75) is 45.6 Å². The number of hydrogen-bond donors (Lipinski definition) is 1. The number of hydrogen-bond acceptors (Lipinski definition) is 3. The van der Waals surface area contributed by atoms with E-state index < -0.39 is 0 Å². The van der Waals surface area contributed by atoms with Gasteiger partial charge in [0.2, 0.25) is 0 Å². The Kier molecular flexibility index (Phi) is 5.67. The van der Waals surface area contributed by atoms with Crippen LogP contribution in [0, 0.1) is 5.92 Å². The molecule has 1 rings (SSSR count). The van der Waals surface area contributed by atoms with Gasteiger partial charge in [-0.15, -0.1) is 0 Å². The van der Waals surface area contributed by atoms with Gasteiger partial charge >= 0.3 is 0 Å². The van der Waals surface area contributed by atoms with Crippen LogP contribution in [0.5, 0.6) is 11.5 Å². The smallest absolute Gasteiger partial charge is 0.160 e. The van der Waals surface area contributed by atoms with Gasteiger partial charge in [0.1, 0.15) is 0 Å². The quantitative estimate of drug-likeness (QED) is 0.821. The maximum absolute atomic E-state index is 6.39. The molecule has 0 aliphatic rings. The molecule has 0 spiro atoms. The van der Waals surface area contributed by atoms with E-state index in [1.165, 1.54) is 5.56 Å². The minimum absolute atomic E-state index is 0.177. The van der Waals surface area contributed by atoms with Gasteiger partial charge in [-0.05, 0) is 49.8 Å². The maximum Gasteiger partial charge on any atom is 0.160 e. The lowest BCUT2D eigenvalue weighted by Crippen LogP contribution is -2.38. The first-order chi connectivity index (χ1) is 8.88. The average Bonchev–Trinajstić information content (AvgIpc) is 2.36. The largest absolute Gasteiger partial charge is 0.493 e. The van der Waals surface area contributed by atoms with Crippen LogP contribution < -0.4 is 15.2 Å². The van der Waals surface area contributed by atoms with Gasteiger partial charge in [0.05, 0.1) is 14.2 Å². The molecule has 2 N–H and O–H groups in total. The maximum atomic E-state index is 6.39. The van der Waals surface area contributed by atoms with Crippen molar-refractivity contribution in [3.8, 4) is 11.5 Å². The number of nitrogens with two attached hydrogens (primary N) is 1. The summed E-state index contributed by atoms with van der Waals surface area (Å²) in [5.41, 5.74) is 7.40. The Morgan fingerprint density at radius 2 is 1.79 bits per heavy atom. The SMILES string of the molecule is COc1ccc(CC(C)(N)CCC(C)C)cc1OC. The van der Waals surface area contributed by atoms with Crippen LogP contribution >= 0.6 is 0 Å². The Morgan fingerprint density at radius 3 is 2.32 bits per heavy atom. The highest BCUT2D eigenvalue weighted by Gasteiger charge is 2.20. The number of methoxy groups -OCH3 is 2. The van der Waals surface area contributed by atoms with E-state index in [9.17, 15) is 0 Å². The number of ether oxygens (including phenoxy) is 2. The van der Waals surface area contributed by atoms with Gasteiger partial charge in [0, 0.05) is 5.54 Å². The third-order valence-corrected chi connectivity index (χ3v) is 3.35. The lowest BCUT2D eigenvalue weighted by molar-refractivity contribution is 0.352. The summed E-state index contributed by atoms with van der Waals surface area (Å²) < 4.78 is 10.6. The van der Waals surface area contributed by atoms with Crippen molar-refractivity contribution in [1.82, 2.24) is 0 Å². The highest BCUT2D eigenvalue weighted by atomic mass is 16.5. The fourth-order valence-corrected chi connectivity index (χ4v) is 2.16. The molecule has 3 nitrogen and oxygen atoms in total. The summed E-state index contributed by atoms with van der Waals surface area (Å²) in [6.07, 6.45) is 3.03. The molecule has 0 amide bonds. The van der Waals surface area contributed by atoms with Crippen molar-refractivity contribution in [3.63, 3.8) is 0 Å². The zero-order chi connectivity index (χ0) is 14.5. The summed E-state index contributed by atoms with van der Waals surface area (Å²) in [6, 6.07) is 6.01. The molecule has 1 atom stereocenters. The zero-order valence-corrected chi connectivity index (χ0v) is 12.8. The fraction of sp³-hybridized carbons (Fsp3) is 0.625. The van der Waals surface area contributed by atoms with E-state index >= 15 is 0 Å². The second-order valence-electron chi connectivity index (χ2n) is 5.95. The normalized spacial score (nSPS) is 14.3. The molecule has 0 aromatic heterocycles. The molecule has 19 heavy (non-hydrogen) atoms. The van der Waals surface area contributed by atoms with E-state index in [4.69, 9.17) is 15.2 Å². The van der Waals surface area contributed by atoms with E-state index in [0.29, 0.717) is 5.92 Å². The van der Waals surface area contributed by atoms with Crippen LogP contribution in [0.4, 0.5) is 0 Å². The van der Waals surface area contributed by atoms with Gasteiger partial charge < -0.3 is 15.2 Å². The predicted octanol–water partition coefficient (Wildman–Crippen LogP) is 3.40. The molecular weight excluding hydrogens is 238 g/mol. The van der Waals surface area contributed by atoms with Crippen molar-refractivity contribution in [1.29, 1.82) is 0 Å². The van der Waals surface area contributed by atoms with Crippen molar-refractivity contribution in [2.75, 3.05) is 14.2 Å². The molecule has 0 fully saturated rings. The van der Waals surface area contributed by atoms with E-state index in [-0.39, 0.29) is 5.54 Å². The lowest BCUT2D eigenvalue weighted by Gasteiger charge is -2.26. The Bertz CT molecular complexity index is 400. The van der Waals surface area contributed by atoms with E-state index in [1.54, 1.807) is 14.2 Å². The molecule has 1 aromatic carbocycles. The van der Waals surface area contributed by atoms with Crippen molar-refractivity contribution in [2.24, 2.45) is 11.7 Å². The van der Waals surface area contributed by atoms with Gasteiger partial charge in [-0.2, -0.15) is 0 Å². The topological polar surface area (TPSA) is 44.5 Å². The molecule has 0 aliphatic heterocycles. The third kappa shape index (κ3) is 5.11. The Labute approximate surface area is 117 Å². The lowest BCUT2D eigenvalue weighted by atomic mass is 9.87. The Balaban J connectivity index is 2.75. The molecular formula is C16H27NO2. The van der Waals surface area contributed by atoms with Gasteiger partial charge in [-0.1, -0.05) is 19.9 Å². The van der Waals surface area contributed by atoms with Crippen LogP contribution in [0.15, 0.2) is 18.2 Å². The highest BCUT2D eigenvalue weighted by Crippen LogP contribution is 2.29. The van der Waals surface area contributed by atoms with Crippen LogP contribution in [0.3, 0.4) is 0 Å². The fourth-order valence-electron chi connectivity index (χ4n) is 2.16. The first-order valence-corrected chi connectivity index (χ1v) is 6.88. The van der Waals surface area contributed by atoms with Gasteiger partial charge in [0.15, 0.2) is 11.5 Å². The molecule has 0 saturated carbocycles. The van der Waals surface area contributed by atoms with Gasteiger partial charge in [0.25, 0.3) is 0 Å². The number of benzene rings is 1. The van der Waals surface area contributed by atoms with Crippen molar-refractivity contribution < 1.29 is 9.47 Å². The molecule has 0 radical (unpaired) electrons. The molecule has 0 bridgehead atoms. The Hall–Kier alpha value is -1.22. The molecule has 0 heterocycles.